The third-order valence-electron chi connectivity index (χ3n) is 5.98. The Labute approximate surface area is 236 Å². The molecule has 0 aromatic heterocycles. The molecule has 0 aliphatic rings. The second-order valence-electron chi connectivity index (χ2n) is 9.08. The summed E-state index contributed by atoms with van der Waals surface area (Å²) in [7, 11) is -4.03. The molecule has 15 heteroatoms. The third kappa shape index (κ3) is 7.35. The number of rotatable bonds is 5. The van der Waals surface area contributed by atoms with Gasteiger partial charge in [0.15, 0.2) is 0 Å². The number of anilines is 1. The van der Waals surface area contributed by atoms with Crippen molar-refractivity contribution < 1.29 is 52.7 Å². The van der Waals surface area contributed by atoms with Crippen LogP contribution >= 0.6 is 7.21 Å². The molecule has 0 saturated heterocycles. The Morgan fingerprint density at radius 3 is 1.09 bits per heavy atom. The highest BCUT2D eigenvalue weighted by molar-refractivity contribution is 7.82. The average Bonchev–Trinajstić information content (AvgIpc) is 2.91. The molecule has 228 valence electrons. The lowest BCUT2D eigenvalue weighted by atomic mass is 10.1. The quantitative estimate of drug-likeness (QED) is 0.170. The van der Waals surface area contributed by atoms with E-state index in [-0.39, 0.29) is 22.7 Å². The number of hydrogen-bond acceptors (Lipinski definition) is 1. The second-order valence-corrected chi connectivity index (χ2v) is 11.8. The van der Waals surface area contributed by atoms with E-state index >= 15 is 0 Å². The van der Waals surface area contributed by atoms with Crippen LogP contribution in [0.25, 0.3) is 0 Å². The van der Waals surface area contributed by atoms with Gasteiger partial charge in [-0.1, -0.05) is 60.7 Å². The van der Waals surface area contributed by atoms with Gasteiger partial charge in [-0.25, -0.2) is 4.74 Å². The largest absolute Gasteiger partial charge is 0.416 e. The van der Waals surface area contributed by atoms with E-state index in [1.807, 2.05) is 0 Å². The molecule has 0 fully saturated rings. The van der Waals surface area contributed by atoms with Crippen molar-refractivity contribution in [1.82, 2.24) is 0 Å². The lowest BCUT2D eigenvalue weighted by Gasteiger charge is -2.29. The molecule has 4 rings (SSSR count). The molecule has 0 spiro atoms. The normalized spacial score (nSPS) is 13.1. The number of halogens is 12. The Bertz CT molecular complexity index is 1530. The molecule has 0 atom stereocenters. The highest BCUT2D eigenvalue weighted by atomic mass is 31.2. The molecule has 0 saturated carbocycles. The maximum absolute atomic E-state index is 13.7. The van der Waals surface area contributed by atoms with Gasteiger partial charge in [0.05, 0.1) is 27.9 Å². The molecule has 0 heterocycles. The maximum Gasteiger partial charge on any atom is 0.416 e. The van der Waals surface area contributed by atoms with Gasteiger partial charge < -0.3 is 5.09 Å². The first-order valence-corrected chi connectivity index (χ1v) is 13.6. The summed E-state index contributed by atoms with van der Waals surface area (Å²) >= 11 is 0. The molecule has 0 unspecified atom stereocenters. The van der Waals surface area contributed by atoms with Crippen LogP contribution in [-0.2, 0) is 24.7 Å². The van der Waals surface area contributed by atoms with E-state index in [9.17, 15) is 52.7 Å². The zero-order chi connectivity index (χ0) is 31.8. The molecule has 0 radical (unpaired) electrons. The van der Waals surface area contributed by atoms with Crippen molar-refractivity contribution in [2.75, 3.05) is 5.09 Å². The highest BCUT2D eigenvalue weighted by Gasteiger charge is 2.39. The smallest absolute Gasteiger partial charge is 0.345 e. The van der Waals surface area contributed by atoms with Gasteiger partial charge >= 0.3 is 24.7 Å². The summed E-state index contributed by atoms with van der Waals surface area (Å²) in [5.41, 5.74) is -8.43. The third-order valence-corrected chi connectivity index (χ3v) is 9.18. The fourth-order valence-electron chi connectivity index (χ4n) is 4.08. The Hall–Kier alpha value is -3.93. The van der Waals surface area contributed by atoms with Crippen molar-refractivity contribution in [3.63, 3.8) is 0 Å². The average molecular weight is 640 g/mol. The van der Waals surface area contributed by atoms with E-state index < -0.39 is 65.5 Å². The van der Waals surface area contributed by atoms with Crippen LogP contribution in [0.15, 0.2) is 102 Å². The fraction of sp³-hybridized carbons (Fsp3) is 0.143. The van der Waals surface area contributed by atoms with Crippen LogP contribution in [0.5, 0.6) is 0 Å². The summed E-state index contributed by atoms with van der Waals surface area (Å²) in [5.74, 6) is 0. The van der Waals surface area contributed by atoms with E-state index in [4.69, 9.17) is 0 Å². The van der Waals surface area contributed by atoms with Crippen LogP contribution in [0.2, 0.25) is 0 Å². The molecule has 4 aromatic carbocycles. The first kappa shape index (κ1) is 32.0. The predicted molar refractivity (Wildman–Crippen MR) is 138 cm³/mol. The van der Waals surface area contributed by atoms with Crippen LogP contribution in [-0.4, -0.2) is 0 Å². The van der Waals surface area contributed by atoms with Gasteiger partial charge in [0.2, 0.25) is 0 Å². The number of alkyl halides is 12. The molecule has 0 aliphatic carbocycles. The molecule has 43 heavy (non-hydrogen) atoms. The van der Waals surface area contributed by atoms with Crippen LogP contribution in [0.4, 0.5) is 64.1 Å². The molecule has 0 amide bonds. The van der Waals surface area contributed by atoms with Crippen LogP contribution < -0.4 is 15.7 Å². The Kier molecular flexibility index (Phi) is 8.40. The summed E-state index contributed by atoms with van der Waals surface area (Å²) in [6, 6.07) is 15.2. The summed E-state index contributed by atoms with van der Waals surface area (Å²) in [4.78, 5) is 0. The van der Waals surface area contributed by atoms with Crippen molar-refractivity contribution in [3.05, 3.63) is 119 Å². The van der Waals surface area contributed by atoms with Gasteiger partial charge in [0, 0.05) is 16.3 Å². The second kappa shape index (κ2) is 11.3. The highest BCUT2D eigenvalue weighted by Crippen LogP contribution is 2.52. The predicted octanol–water partition coefficient (Wildman–Crippen LogP) is 10.3. The Balaban J connectivity index is 2.14. The summed E-state index contributed by atoms with van der Waals surface area (Å²) < 4.78 is 168. The lowest BCUT2D eigenvalue weighted by Crippen LogP contribution is -2.22. The van der Waals surface area contributed by atoms with Crippen LogP contribution in [0.3, 0.4) is 0 Å². The van der Waals surface area contributed by atoms with Crippen molar-refractivity contribution in [2.24, 2.45) is 4.74 Å². The topological polar surface area (TPSA) is 24.4 Å². The standard InChI is InChI=1S/C28H17F12N2P/c29-25(30,31)17-11-18(26(32,33)34)14-21(13-17)41-43(23-7-3-1-4-8-23,24-9-5-2-6-10-24)42-22-15-19(27(35,36)37)12-20(16-22)28(38,39)40/h1-16,41H. The molecule has 1 N–H and O–H groups in total. The van der Waals surface area contributed by atoms with E-state index in [1.54, 1.807) is 0 Å². The monoisotopic (exact) mass is 640 g/mol. The van der Waals surface area contributed by atoms with Crippen LogP contribution in [0, 0.1) is 0 Å². The van der Waals surface area contributed by atoms with Gasteiger partial charge in [-0.2, -0.15) is 52.7 Å². The minimum atomic E-state index is -5.25. The van der Waals surface area contributed by atoms with Crippen molar-refractivity contribution in [2.45, 2.75) is 24.7 Å². The SMILES string of the molecule is FC(F)(F)c1cc(N=P(Nc2cc(C(F)(F)F)cc(C(F)(F)F)c2)(c2ccccc2)c2ccccc2)cc(C(F)(F)F)c1. The van der Waals surface area contributed by atoms with Gasteiger partial charge in [-0.15, -0.1) is 0 Å². The first-order valence-electron chi connectivity index (χ1n) is 11.9. The number of hydrogen-bond donors (Lipinski definition) is 1. The number of nitrogens with one attached hydrogen (secondary N) is 1. The van der Waals surface area contributed by atoms with Crippen molar-refractivity contribution >= 4 is 29.2 Å². The molecular formula is C28H17F12N2P. The molecule has 0 bridgehead atoms. The fourth-order valence-corrected chi connectivity index (χ4v) is 7.09. The number of benzene rings is 4. The zero-order valence-corrected chi connectivity index (χ0v) is 22.1. The summed E-state index contributed by atoms with van der Waals surface area (Å²) in [5, 5.41) is 2.76. The van der Waals surface area contributed by atoms with E-state index in [2.05, 4.69) is 9.83 Å². The maximum atomic E-state index is 13.7. The van der Waals surface area contributed by atoms with Crippen molar-refractivity contribution in [1.29, 1.82) is 0 Å². The van der Waals surface area contributed by atoms with Crippen molar-refractivity contribution in [3.8, 4) is 0 Å². The van der Waals surface area contributed by atoms with Gasteiger partial charge in [-0.3, -0.25) is 0 Å². The molecule has 2 nitrogen and oxygen atoms in total. The summed E-state index contributed by atoms with van der Waals surface area (Å²) in [6.45, 7) is 0. The van der Waals surface area contributed by atoms with E-state index in [0.717, 1.165) is 0 Å². The van der Waals surface area contributed by atoms with E-state index in [1.165, 1.54) is 60.7 Å². The van der Waals surface area contributed by atoms with Crippen LogP contribution in [0.1, 0.15) is 22.3 Å². The lowest BCUT2D eigenvalue weighted by molar-refractivity contribution is -0.144. The number of nitrogens with zero attached hydrogens (tertiary/aromatic N) is 1. The molecule has 0 aliphatic heterocycles. The minimum absolute atomic E-state index is 0.0816. The first-order chi connectivity index (χ1) is 19.8. The minimum Gasteiger partial charge on any atom is -0.345 e. The Morgan fingerprint density at radius 1 is 0.442 bits per heavy atom. The molecular weight excluding hydrogens is 623 g/mol. The van der Waals surface area contributed by atoms with E-state index in [0.29, 0.717) is 24.3 Å². The summed E-state index contributed by atoms with van der Waals surface area (Å²) in [6.07, 6.45) is -21.0. The van der Waals surface area contributed by atoms with Gasteiger partial charge in [0.1, 0.15) is 7.21 Å². The zero-order valence-electron chi connectivity index (χ0n) is 21.2. The molecule has 4 aromatic rings. The Morgan fingerprint density at radius 2 is 0.767 bits per heavy atom. The van der Waals surface area contributed by atoms with Gasteiger partial charge in [0.25, 0.3) is 0 Å². The van der Waals surface area contributed by atoms with Gasteiger partial charge in [-0.05, 0) is 36.4 Å².